The highest BCUT2D eigenvalue weighted by Gasteiger charge is 2.24. The maximum atomic E-state index is 13.4. The second-order valence-corrected chi connectivity index (χ2v) is 5.98. The number of hydrogen-bond donors (Lipinski definition) is 1. The zero-order chi connectivity index (χ0) is 13.2. The van der Waals surface area contributed by atoms with E-state index in [1.54, 1.807) is 19.0 Å². The van der Waals surface area contributed by atoms with E-state index in [-0.39, 0.29) is 18.0 Å². The van der Waals surface area contributed by atoms with Crippen LogP contribution in [0, 0.1) is 11.6 Å². The number of halogens is 2. The van der Waals surface area contributed by atoms with Gasteiger partial charge in [0.1, 0.15) is 16.5 Å². The molecule has 0 heterocycles. The lowest BCUT2D eigenvalue weighted by molar-refractivity contribution is 0.430. The Labute approximate surface area is 98.9 Å². The van der Waals surface area contributed by atoms with E-state index in [0.29, 0.717) is 0 Å². The predicted octanol–water partition coefficient (Wildman–Crippen LogP) is 0.882. The third-order valence-electron chi connectivity index (χ3n) is 2.14. The van der Waals surface area contributed by atoms with Gasteiger partial charge in [-0.15, -0.1) is 0 Å². The summed E-state index contributed by atoms with van der Waals surface area (Å²) in [5, 5.41) is 0. The van der Waals surface area contributed by atoms with Crippen molar-refractivity contribution in [1.82, 2.24) is 4.90 Å². The van der Waals surface area contributed by atoms with Gasteiger partial charge in [0.2, 0.25) is 0 Å². The predicted molar refractivity (Wildman–Crippen MR) is 61.4 cm³/mol. The monoisotopic (exact) mass is 264 g/mol. The number of benzene rings is 1. The van der Waals surface area contributed by atoms with Crippen molar-refractivity contribution < 1.29 is 17.2 Å². The average Bonchev–Trinajstić information content (AvgIpc) is 2.12. The average molecular weight is 264 g/mol. The van der Waals surface area contributed by atoms with Crippen LogP contribution in [-0.4, -0.2) is 39.7 Å². The quantitative estimate of drug-likeness (QED) is 0.820. The molecule has 0 amide bonds. The lowest BCUT2D eigenvalue weighted by Crippen LogP contribution is -2.23. The Morgan fingerprint density at radius 2 is 1.71 bits per heavy atom. The third-order valence-corrected chi connectivity index (χ3v) is 3.87. The Hall–Kier alpha value is -1.21. The van der Waals surface area contributed by atoms with Crippen molar-refractivity contribution in [3.05, 3.63) is 23.8 Å². The molecule has 0 spiro atoms. The molecular weight excluding hydrogens is 250 g/mol. The normalized spacial score (nSPS) is 12.1. The molecule has 96 valence electrons. The van der Waals surface area contributed by atoms with E-state index < -0.39 is 26.4 Å². The van der Waals surface area contributed by atoms with Crippen molar-refractivity contribution in [2.45, 2.75) is 4.90 Å². The zero-order valence-electron chi connectivity index (χ0n) is 9.57. The van der Waals surface area contributed by atoms with Gasteiger partial charge in [0.05, 0.1) is 5.75 Å². The number of rotatable bonds is 4. The fourth-order valence-electron chi connectivity index (χ4n) is 1.28. The molecule has 0 aliphatic rings. The van der Waals surface area contributed by atoms with Gasteiger partial charge < -0.3 is 10.6 Å². The zero-order valence-corrected chi connectivity index (χ0v) is 10.4. The van der Waals surface area contributed by atoms with Gasteiger partial charge in [-0.05, 0) is 26.2 Å². The number of nitrogen functional groups attached to an aromatic ring is 1. The lowest BCUT2D eigenvalue weighted by Gasteiger charge is -2.11. The highest BCUT2D eigenvalue weighted by atomic mass is 32.2. The van der Waals surface area contributed by atoms with Crippen LogP contribution in [0.3, 0.4) is 0 Å². The summed E-state index contributed by atoms with van der Waals surface area (Å²) in [5.74, 6) is -2.65. The van der Waals surface area contributed by atoms with Crippen molar-refractivity contribution in [1.29, 1.82) is 0 Å². The van der Waals surface area contributed by atoms with Crippen LogP contribution in [0.5, 0.6) is 0 Å². The molecule has 0 saturated heterocycles. The van der Waals surface area contributed by atoms with Crippen molar-refractivity contribution in [2.75, 3.05) is 32.1 Å². The maximum absolute atomic E-state index is 13.4. The summed E-state index contributed by atoms with van der Waals surface area (Å²) < 4.78 is 50.3. The number of anilines is 1. The van der Waals surface area contributed by atoms with E-state index in [9.17, 15) is 17.2 Å². The van der Waals surface area contributed by atoms with Crippen LogP contribution < -0.4 is 5.73 Å². The molecule has 4 nitrogen and oxygen atoms in total. The summed E-state index contributed by atoms with van der Waals surface area (Å²) in [4.78, 5) is 0.707. The first-order chi connectivity index (χ1) is 7.74. The molecule has 0 aliphatic carbocycles. The first kappa shape index (κ1) is 13.9. The Balaban J connectivity index is 3.16. The molecule has 7 heteroatoms. The molecule has 0 unspecified atom stereocenters. The van der Waals surface area contributed by atoms with Crippen molar-refractivity contribution in [3.63, 3.8) is 0 Å². The summed E-state index contributed by atoms with van der Waals surface area (Å²) in [5.41, 5.74) is 5.06. The topological polar surface area (TPSA) is 63.4 Å². The Morgan fingerprint density at radius 3 is 2.12 bits per heavy atom. The molecule has 0 saturated carbocycles. The van der Waals surface area contributed by atoms with Crippen LogP contribution >= 0.6 is 0 Å². The summed E-state index contributed by atoms with van der Waals surface area (Å²) in [6, 6.07) is 1.59. The fourth-order valence-corrected chi connectivity index (χ4v) is 2.80. The second kappa shape index (κ2) is 4.97. The first-order valence-corrected chi connectivity index (χ1v) is 6.51. The molecule has 1 aromatic rings. The SMILES string of the molecule is CN(C)CCS(=O)(=O)c1c(F)cc(N)cc1F. The first-order valence-electron chi connectivity index (χ1n) is 4.86. The van der Waals surface area contributed by atoms with Crippen LogP contribution in [0.15, 0.2) is 17.0 Å². The van der Waals surface area contributed by atoms with E-state index in [4.69, 9.17) is 5.73 Å². The van der Waals surface area contributed by atoms with Crippen LogP contribution in [0.2, 0.25) is 0 Å². The van der Waals surface area contributed by atoms with Gasteiger partial charge in [-0.1, -0.05) is 0 Å². The van der Waals surface area contributed by atoms with Crippen LogP contribution in [-0.2, 0) is 9.84 Å². The number of hydrogen-bond acceptors (Lipinski definition) is 4. The van der Waals surface area contributed by atoms with E-state index in [1.165, 1.54) is 0 Å². The minimum Gasteiger partial charge on any atom is -0.399 e. The molecular formula is C10H14F2N2O2S. The summed E-state index contributed by atoms with van der Waals surface area (Å²) in [6.07, 6.45) is 0. The third kappa shape index (κ3) is 3.37. The smallest absolute Gasteiger partial charge is 0.185 e. The molecule has 0 bridgehead atoms. The van der Waals surface area contributed by atoms with Crippen LogP contribution in [0.4, 0.5) is 14.5 Å². The Kier molecular flexibility index (Phi) is 4.05. The van der Waals surface area contributed by atoms with E-state index in [0.717, 1.165) is 12.1 Å². The minimum absolute atomic E-state index is 0.147. The molecule has 0 radical (unpaired) electrons. The standard InChI is InChI=1S/C10H14F2N2O2S/c1-14(2)3-4-17(15,16)10-8(11)5-7(13)6-9(10)12/h5-6H,3-4,13H2,1-2H3. The van der Waals surface area contributed by atoms with Gasteiger partial charge in [-0.25, -0.2) is 17.2 Å². The van der Waals surface area contributed by atoms with E-state index in [1.807, 2.05) is 0 Å². The van der Waals surface area contributed by atoms with Crippen molar-refractivity contribution in [2.24, 2.45) is 0 Å². The molecule has 2 N–H and O–H groups in total. The molecule has 1 aromatic carbocycles. The van der Waals surface area contributed by atoms with Gasteiger partial charge in [0.15, 0.2) is 9.84 Å². The van der Waals surface area contributed by atoms with Gasteiger partial charge >= 0.3 is 0 Å². The Morgan fingerprint density at radius 1 is 1.24 bits per heavy atom. The van der Waals surface area contributed by atoms with Gasteiger partial charge in [-0.3, -0.25) is 0 Å². The lowest BCUT2D eigenvalue weighted by atomic mass is 10.3. The largest absolute Gasteiger partial charge is 0.399 e. The van der Waals surface area contributed by atoms with E-state index >= 15 is 0 Å². The van der Waals surface area contributed by atoms with E-state index in [2.05, 4.69) is 0 Å². The maximum Gasteiger partial charge on any atom is 0.185 e. The highest BCUT2D eigenvalue weighted by Crippen LogP contribution is 2.22. The summed E-state index contributed by atoms with van der Waals surface area (Å²) >= 11 is 0. The fraction of sp³-hybridized carbons (Fsp3) is 0.400. The van der Waals surface area contributed by atoms with Gasteiger partial charge in [0.25, 0.3) is 0 Å². The molecule has 17 heavy (non-hydrogen) atoms. The van der Waals surface area contributed by atoms with Crippen LogP contribution in [0.25, 0.3) is 0 Å². The second-order valence-electron chi connectivity index (χ2n) is 3.94. The Bertz CT molecular complexity index is 492. The number of sulfone groups is 1. The van der Waals surface area contributed by atoms with Gasteiger partial charge in [-0.2, -0.15) is 0 Å². The van der Waals surface area contributed by atoms with Crippen molar-refractivity contribution >= 4 is 15.5 Å². The molecule has 0 aliphatic heterocycles. The molecule has 0 atom stereocenters. The summed E-state index contributed by atoms with van der Waals surface area (Å²) in [7, 11) is -0.637. The molecule has 0 aromatic heterocycles. The summed E-state index contributed by atoms with van der Waals surface area (Å²) in [6.45, 7) is 0.186. The molecule has 0 fully saturated rings. The molecule has 1 rings (SSSR count). The van der Waals surface area contributed by atoms with Crippen molar-refractivity contribution in [3.8, 4) is 0 Å². The van der Waals surface area contributed by atoms with Crippen LogP contribution in [0.1, 0.15) is 0 Å². The number of nitrogens with two attached hydrogens (primary N) is 1. The van der Waals surface area contributed by atoms with Gasteiger partial charge in [0, 0.05) is 12.2 Å². The minimum atomic E-state index is -3.98. The highest BCUT2D eigenvalue weighted by molar-refractivity contribution is 7.91. The number of nitrogens with zero attached hydrogens (tertiary/aromatic N) is 1.